The molecule has 0 amide bonds. The van der Waals surface area contributed by atoms with Crippen molar-refractivity contribution in [1.29, 1.82) is 0 Å². The maximum absolute atomic E-state index is 13.0. The molecule has 0 radical (unpaired) electrons. The van der Waals surface area contributed by atoms with Crippen molar-refractivity contribution in [2.75, 3.05) is 27.2 Å². The highest BCUT2D eigenvalue weighted by atomic mass is 32.2. The molecule has 0 heterocycles. The molecule has 0 aromatic heterocycles. The maximum Gasteiger partial charge on any atom is 0.573 e. The van der Waals surface area contributed by atoms with E-state index in [1.54, 1.807) is 0 Å². The Kier molecular flexibility index (Phi) is 6.85. The molecule has 5 nitrogen and oxygen atoms in total. The van der Waals surface area contributed by atoms with E-state index in [2.05, 4.69) is 4.74 Å². The average molecular weight is 402 g/mol. The number of benzene rings is 2. The summed E-state index contributed by atoms with van der Waals surface area (Å²) in [7, 11) is -0.226. The van der Waals surface area contributed by atoms with Gasteiger partial charge in [-0.25, -0.2) is 8.42 Å². The van der Waals surface area contributed by atoms with Crippen LogP contribution in [0.3, 0.4) is 0 Å². The van der Waals surface area contributed by atoms with Gasteiger partial charge in [-0.1, -0.05) is 30.3 Å². The number of nitrogens with zero attached hydrogens (tertiary/aromatic N) is 2. The van der Waals surface area contributed by atoms with Crippen LogP contribution in [0.25, 0.3) is 0 Å². The normalized spacial score (nSPS) is 12.6. The van der Waals surface area contributed by atoms with Gasteiger partial charge in [0.15, 0.2) is 0 Å². The van der Waals surface area contributed by atoms with Crippen molar-refractivity contribution < 1.29 is 26.3 Å². The third kappa shape index (κ3) is 6.53. The zero-order chi connectivity index (χ0) is 20.1. The molecular weight excluding hydrogens is 381 g/mol. The van der Waals surface area contributed by atoms with Crippen molar-refractivity contribution >= 4 is 10.0 Å². The van der Waals surface area contributed by atoms with Gasteiger partial charge in [-0.2, -0.15) is 4.31 Å². The molecule has 0 aliphatic rings. The molecule has 0 aliphatic carbocycles. The number of alkyl halides is 3. The SMILES string of the molecule is CN(C)CCN(Cc1ccccc1)S(=O)(=O)c1ccc(OC(F)(F)F)cc1. The van der Waals surface area contributed by atoms with Crippen molar-refractivity contribution in [1.82, 2.24) is 9.21 Å². The third-order valence-corrected chi connectivity index (χ3v) is 5.55. The molecule has 0 fully saturated rings. The van der Waals surface area contributed by atoms with E-state index >= 15 is 0 Å². The molecular formula is C18H21F3N2O3S. The number of likely N-dealkylation sites (N-methyl/N-ethyl adjacent to an activating group) is 1. The number of ether oxygens (including phenoxy) is 1. The topological polar surface area (TPSA) is 49.9 Å². The molecule has 0 spiro atoms. The lowest BCUT2D eigenvalue weighted by Crippen LogP contribution is -2.36. The van der Waals surface area contributed by atoms with E-state index in [-0.39, 0.29) is 18.0 Å². The van der Waals surface area contributed by atoms with Gasteiger partial charge >= 0.3 is 6.36 Å². The highest BCUT2D eigenvalue weighted by Gasteiger charge is 2.31. The lowest BCUT2D eigenvalue weighted by Gasteiger charge is -2.24. The number of rotatable bonds is 8. The van der Waals surface area contributed by atoms with Crippen LogP contribution in [0.2, 0.25) is 0 Å². The first-order valence-electron chi connectivity index (χ1n) is 8.12. The fourth-order valence-electron chi connectivity index (χ4n) is 2.35. The summed E-state index contributed by atoms with van der Waals surface area (Å²) < 4.78 is 67.9. The van der Waals surface area contributed by atoms with Gasteiger partial charge in [0, 0.05) is 19.6 Å². The third-order valence-electron chi connectivity index (χ3n) is 3.69. The van der Waals surface area contributed by atoms with Crippen molar-refractivity contribution in [3.05, 3.63) is 60.2 Å². The molecule has 2 rings (SSSR count). The molecule has 0 N–H and O–H groups in total. The fraction of sp³-hybridized carbons (Fsp3) is 0.333. The number of halogens is 3. The Bertz CT molecular complexity index is 823. The minimum absolute atomic E-state index is 0.0910. The van der Waals surface area contributed by atoms with Crippen LogP contribution < -0.4 is 4.74 Å². The van der Waals surface area contributed by atoms with E-state index < -0.39 is 22.1 Å². The molecule has 148 valence electrons. The second-order valence-corrected chi connectivity index (χ2v) is 8.08. The van der Waals surface area contributed by atoms with Crippen LogP contribution in [0.4, 0.5) is 13.2 Å². The lowest BCUT2D eigenvalue weighted by molar-refractivity contribution is -0.274. The van der Waals surface area contributed by atoms with Gasteiger partial charge in [-0.05, 0) is 43.9 Å². The summed E-state index contributed by atoms with van der Waals surface area (Å²) in [5.41, 5.74) is 0.817. The first kappa shape index (κ1) is 21.2. The molecule has 9 heteroatoms. The van der Waals surface area contributed by atoms with Crippen LogP contribution in [-0.2, 0) is 16.6 Å². The molecule has 0 saturated heterocycles. The van der Waals surface area contributed by atoms with Crippen LogP contribution in [-0.4, -0.2) is 51.2 Å². The standard InChI is InChI=1S/C18H21F3N2O3S/c1-22(2)12-13-23(14-15-6-4-3-5-7-15)27(24,25)17-10-8-16(9-11-17)26-18(19,20)21/h3-11H,12-14H2,1-2H3. The quantitative estimate of drug-likeness (QED) is 0.680. The van der Waals surface area contributed by atoms with Gasteiger partial charge in [0.25, 0.3) is 0 Å². The van der Waals surface area contributed by atoms with E-state index in [1.807, 2.05) is 49.3 Å². The predicted molar refractivity (Wildman–Crippen MR) is 95.7 cm³/mol. The Morgan fingerprint density at radius 1 is 0.926 bits per heavy atom. The second kappa shape index (κ2) is 8.73. The van der Waals surface area contributed by atoms with Crippen molar-refractivity contribution in [2.45, 2.75) is 17.8 Å². The zero-order valence-corrected chi connectivity index (χ0v) is 15.8. The predicted octanol–water partition coefficient (Wildman–Crippen LogP) is 3.34. The molecule has 0 saturated carbocycles. The summed E-state index contributed by atoms with van der Waals surface area (Å²) in [6, 6.07) is 13.3. The minimum Gasteiger partial charge on any atom is -0.406 e. The van der Waals surface area contributed by atoms with Gasteiger partial charge in [0.1, 0.15) is 5.75 Å². The van der Waals surface area contributed by atoms with Gasteiger partial charge in [-0.15, -0.1) is 13.2 Å². The first-order valence-corrected chi connectivity index (χ1v) is 9.56. The second-order valence-electron chi connectivity index (χ2n) is 6.15. The molecule has 2 aromatic rings. The number of hydrogen-bond acceptors (Lipinski definition) is 4. The first-order chi connectivity index (χ1) is 12.6. The maximum atomic E-state index is 13.0. The average Bonchev–Trinajstić information content (AvgIpc) is 2.58. The van der Waals surface area contributed by atoms with E-state index in [4.69, 9.17) is 0 Å². The highest BCUT2D eigenvalue weighted by Crippen LogP contribution is 2.25. The van der Waals surface area contributed by atoms with Crippen LogP contribution in [0.1, 0.15) is 5.56 Å². The van der Waals surface area contributed by atoms with E-state index in [9.17, 15) is 21.6 Å². The van der Waals surface area contributed by atoms with Gasteiger partial charge in [0.05, 0.1) is 4.90 Å². The van der Waals surface area contributed by atoms with Gasteiger partial charge in [-0.3, -0.25) is 0 Å². The van der Waals surface area contributed by atoms with Crippen molar-refractivity contribution in [2.24, 2.45) is 0 Å². The van der Waals surface area contributed by atoms with Crippen LogP contribution in [0.5, 0.6) is 5.75 Å². The van der Waals surface area contributed by atoms with Gasteiger partial charge in [0.2, 0.25) is 10.0 Å². The molecule has 0 aliphatic heterocycles. The molecule has 2 aromatic carbocycles. The number of sulfonamides is 1. The van der Waals surface area contributed by atoms with Crippen LogP contribution >= 0.6 is 0 Å². The Morgan fingerprint density at radius 3 is 2.04 bits per heavy atom. The lowest BCUT2D eigenvalue weighted by atomic mass is 10.2. The molecule has 27 heavy (non-hydrogen) atoms. The van der Waals surface area contributed by atoms with E-state index in [0.29, 0.717) is 6.54 Å². The molecule has 0 atom stereocenters. The summed E-state index contributed by atoms with van der Waals surface area (Å²) >= 11 is 0. The van der Waals surface area contributed by atoms with E-state index in [1.165, 1.54) is 4.31 Å². The summed E-state index contributed by atoms with van der Waals surface area (Å²) in [6.07, 6.45) is -4.83. The molecule has 0 unspecified atom stereocenters. The minimum atomic E-state index is -4.83. The van der Waals surface area contributed by atoms with Gasteiger partial charge < -0.3 is 9.64 Å². The monoisotopic (exact) mass is 402 g/mol. The summed E-state index contributed by atoms with van der Waals surface area (Å²) in [5.74, 6) is -0.468. The zero-order valence-electron chi connectivity index (χ0n) is 15.0. The Morgan fingerprint density at radius 2 is 1.52 bits per heavy atom. The number of hydrogen-bond donors (Lipinski definition) is 0. The van der Waals surface area contributed by atoms with Crippen molar-refractivity contribution in [3.8, 4) is 5.75 Å². The Hall–Kier alpha value is -2.10. The summed E-state index contributed by atoms with van der Waals surface area (Å²) in [6.45, 7) is 0.907. The summed E-state index contributed by atoms with van der Waals surface area (Å²) in [4.78, 5) is 1.76. The largest absolute Gasteiger partial charge is 0.573 e. The fourth-order valence-corrected chi connectivity index (χ4v) is 3.76. The van der Waals surface area contributed by atoms with Crippen molar-refractivity contribution in [3.63, 3.8) is 0 Å². The smallest absolute Gasteiger partial charge is 0.406 e. The molecule has 0 bridgehead atoms. The van der Waals surface area contributed by atoms with Crippen LogP contribution in [0.15, 0.2) is 59.5 Å². The summed E-state index contributed by atoms with van der Waals surface area (Å²) in [5, 5.41) is 0. The Labute approximate surface area is 157 Å². The Balaban J connectivity index is 2.26. The van der Waals surface area contributed by atoms with E-state index in [0.717, 1.165) is 29.8 Å². The van der Waals surface area contributed by atoms with Crippen LogP contribution in [0, 0.1) is 0 Å². The highest BCUT2D eigenvalue weighted by molar-refractivity contribution is 7.89.